The van der Waals surface area contributed by atoms with Crippen LogP contribution in [0.25, 0.3) is 0 Å². The zero-order valence-corrected chi connectivity index (χ0v) is 9.71. The molecule has 0 aromatic heterocycles. The Bertz CT molecular complexity index is 378. The predicted octanol–water partition coefficient (Wildman–Crippen LogP) is 2.55. The molecule has 16 heavy (non-hydrogen) atoms. The van der Waals surface area contributed by atoms with Crippen LogP contribution in [0.3, 0.4) is 0 Å². The van der Waals surface area contributed by atoms with Gasteiger partial charge in [-0.15, -0.1) is 0 Å². The molecule has 0 heterocycles. The van der Waals surface area contributed by atoms with Crippen LogP contribution in [0.5, 0.6) is 0 Å². The lowest BCUT2D eigenvalue weighted by Gasteiger charge is -2.15. The van der Waals surface area contributed by atoms with Crippen molar-refractivity contribution >= 4 is 5.69 Å². The van der Waals surface area contributed by atoms with Crippen LogP contribution in [0.1, 0.15) is 31.2 Å². The van der Waals surface area contributed by atoms with Crippen molar-refractivity contribution in [3.8, 4) is 0 Å². The maximum atomic E-state index is 5.92. The van der Waals surface area contributed by atoms with Crippen molar-refractivity contribution in [2.45, 2.75) is 32.2 Å². The molecule has 2 aliphatic carbocycles. The van der Waals surface area contributed by atoms with E-state index in [2.05, 4.69) is 17.4 Å². The predicted molar refractivity (Wildman–Crippen MR) is 67.0 cm³/mol. The fourth-order valence-corrected chi connectivity index (χ4v) is 2.73. The van der Waals surface area contributed by atoms with Gasteiger partial charge in [-0.1, -0.05) is 18.2 Å². The van der Waals surface area contributed by atoms with Crippen LogP contribution in [-0.4, -0.2) is 6.54 Å². The first kappa shape index (κ1) is 10.2. The first-order valence-electron chi connectivity index (χ1n) is 6.34. The van der Waals surface area contributed by atoms with E-state index in [0.717, 1.165) is 18.2 Å². The lowest BCUT2D eigenvalue weighted by Crippen LogP contribution is -2.25. The molecular weight excluding hydrogens is 196 g/mol. The van der Waals surface area contributed by atoms with Gasteiger partial charge in [-0.3, -0.25) is 0 Å². The van der Waals surface area contributed by atoms with Crippen molar-refractivity contribution in [2.24, 2.45) is 11.3 Å². The summed E-state index contributed by atoms with van der Waals surface area (Å²) >= 11 is 0. The summed E-state index contributed by atoms with van der Waals surface area (Å²) in [5.41, 5.74) is 8.74. The Balaban J connectivity index is 1.52. The van der Waals surface area contributed by atoms with Crippen LogP contribution >= 0.6 is 0 Å². The van der Waals surface area contributed by atoms with Gasteiger partial charge in [0.05, 0.1) is 0 Å². The number of nitrogen functional groups attached to an aromatic ring is 1. The normalized spacial score (nSPS) is 22.0. The zero-order valence-electron chi connectivity index (χ0n) is 9.71. The van der Waals surface area contributed by atoms with Crippen molar-refractivity contribution in [1.29, 1.82) is 0 Å². The summed E-state index contributed by atoms with van der Waals surface area (Å²) in [7, 11) is 0. The molecule has 0 unspecified atom stereocenters. The molecule has 0 bridgehead atoms. The van der Waals surface area contributed by atoms with Crippen LogP contribution in [0.4, 0.5) is 5.69 Å². The maximum absolute atomic E-state index is 5.92. The quantitative estimate of drug-likeness (QED) is 0.742. The summed E-state index contributed by atoms with van der Waals surface area (Å²) in [6.45, 7) is 2.10. The Morgan fingerprint density at radius 1 is 1.25 bits per heavy atom. The molecule has 2 aliphatic rings. The van der Waals surface area contributed by atoms with Gasteiger partial charge in [0.15, 0.2) is 0 Å². The molecule has 0 amide bonds. The Morgan fingerprint density at radius 2 is 2.00 bits per heavy atom. The molecule has 2 saturated carbocycles. The van der Waals surface area contributed by atoms with Crippen molar-refractivity contribution < 1.29 is 0 Å². The van der Waals surface area contributed by atoms with Crippen molar-refractivity contribution in [2.75, 3.05) is 12.3 Å². The summed E-state index contributed by atoms with van der Waals surface area (Å²) in [4.78, 5) is 0. The van der Waals surface area contributed by atoms with E-state index in [0.29, 0.717) is 5.41 Å². The number of rotatable bonds is 5. The first-order valence-corrected chi connectivity index (χ1v) is 6.34. The molecule has 1 aromatic carbocycles. The van der Waals surface area contributed by atoms with Gasteiger partial charge in [0.1, 0.15) is 0 Å². The minimum atomic E-state index is 0.684. The third-order valence-electron chi connectivity index (χ3n) is 4.18. The largest absolute Gasteiger partial charge is 0.398 e. The van der Waals surface area contributed by atoms with Crippen LogP contribution < -0.4 is 11.1 Å². The van der Waals surface area contributed by atoms with E-state index in [4.69, 9.17) is 5.73 Å². The topological polar surface area (TPSA) is 38.0 Å². The van der Waals surface area contributed by atoms with Gasteiger partial charge in [0.2, 0.25) is 0 Å². The average Bonchev–Trinajstić information content (AvgIpc) is 3.15. The van der Waals surface area contributed by atoms with E-state index in [1.165, 1.54) is 37.8 Å². The van der Waals surface area contributed by atoms with Gasteiger partial charge in [0, 0.05) is 18.8 Å². The third kappa shape index (κ3) is 1.94. The monoisotopic (exact) mass is 216 g/mol. The molecule has 2 heteroatoms. The van der Waals surface area contributed by atoms with Gasteiger partial charge < -0.3 is 11.1 Å². The Labute approximate surface area is 97.2 Å². The highest BCUT2D eigenvalue weighted by atomic mass is 14.9. The molecule has 2 nitrogen and oxygen atoms in total. The van der Waals surface area contributed by atoms with E-state index in [9.17, 15) is 0 Å². The lowest BCUT2D eigenvalue weighted by atomic mass is 10.0. The van der Waals surface area contributed by atoms with Gasteiger partial charge in [-0.25, -0.2) is 0 Å². The van der Waals surface area contributed by atoms with Crippen LogP contribution in [0.15, 0.2) is 24.3 Å². The summed E-state index contributed by atoms with van der Waals surface area (Å²) < 4.78 is 0. The fourth-order valence-electron chi connectivity index (χ4n) is 2.73. The molecule has 0 atom stereocenters. The Kier molecular flexibility index (Phi) is 2.40. The molecule has 0 spiro atoms. The molecule has 0 aliphatic heterocycles. The number of anilines is 1. The molecule has 86 valence electrons. The second kappa shape index (κ2) is 3.77. The van der Waals surface area contributed by atoms with Crippen molar-refractivity contribution in [3.63, 3.8) is 0 Å². The van der Waals surface area contributed by atoms with Gasteiger partial charge in [0.25, 0.3) is 0 Å². The second-order valence-corrected chi connectivity index (χ2v) is 5.44. The van der Waals surface area contributed by atoms with Gasteiger partial charge >= 0.3 is 0 Å². The highest BCUT2D eigenvalue weighted by molar-refractivity contribution is 5.46. The number of nitrogens with one attached hydrogen (secondary N) is 1. The van der Waals surface area contributed by atoms with E-state index >= 15 is 0 Å². The van der Waals surface area contributed by atoms with Crippen molar-refractivity contribution in [1.82, 2.24) is 5.32 Å². The zero-order chi connectivity index (χ0) is 11.0. The van der Waals surface area contributed by atoms with E-state index < -0.39 is 0 Å². The number of nitrogens with two attached hydrogens (primary N) is 1. The molecule has 3 rings (SSSR count). The number of para-hydroxylation sites is 1. The highest BCUT2D eigenvalue weighted by Crippen LogP contribution is 2.60. The van der Waals surface area contributed by atoms with Crippen LogP contribution in [0.2, 0.25) is 0 Å². The lowest BCUT2D eigenvalue weighted by molar-refractivity contribution is 0.403. The van der Waals surface area contributed by atoms with Crippen molar-refractivity contribution in [3.05, 3.63) is 29.8 Å². The molecule has 1 aromatic rings. The third-order valence-corrected chi connectivity index (χ3v) is 4.18. The molecule has 0 radical (unpaired) electrons. The van der Waals surface area contributed by atoms with E-state index in [-0.39, 0.29) is 0 Å². The first-order chi connectivity index (χ1) is 7.80. The SMILES string of the molecule is Nc1ccccc1CNCC1(C2CC2)CC1. The summed E-state index contributed by atoms with van der Waals surface area (Å²) in [6, 6.07) is 8.14. The number of hydrogen-bond donors (Lipinski definition) is 2. The second-order valence-electron chi connectivity index (χ2n) is 5.44. The van der Waals surface area contributed by atoms with E-state index in [1.54, 1.807) is 0 Å². The molecular formula is C14H20N2. The smallest absolute Gasteiger partial charge is 0.0359 e. The number of benzene rings is 1. The van der Waals surface area contributed by atoms with Crippen LogP contribution in [-0.2, 0) is 6.54 Å². The number of hydrogen-bond acceptors (Lipinski definition) is 2. The van der Waals surface area contributed by atoms with E-state index in [1.807, 2.05) is 12.1 Å². The summed E-state index contributed by atoms with van der Waals surface area (Å²) in [5.74, 6) is 1.04. The molecule has 3 N–H and O–H groups in total. The Morgan fingerprint density at radius 3 is 2.62 bits per heavy atom. The fraction of sp³-hybridized carbons (Fsp3) is 0.571. The van der Waals surface area contributed by atoms with Crippen LogP contribution in [0, 0.1) is 11.3 Å². The molecule has 0 saturated heterocycles. The summed E-state index contributed by atoms with van der Waals surface area (Å²) in [5, 5.41) is 3.59. The maximum Gasteiger partial charge on any atom is 0.0359 e. The van der Waals surface area contributed by atoms with Gasteiger partial charge in [-0.2, -0.15) is 0 Å². The minimum absolute atomic E-state index is 0.684. The molecule has 2 fully saturated rings. The highest BCUT2D eigenvalue weighted by Gasteiger charge is 2.53. The minimum Gasteiger partial charge on any atom is -0.398 e. The summed E-state index contributed by atoms with van der Waals surface area (Å²) in [6.07, 6.45) is 5.81. The Hall–Kier alpha value is -1.02. The standard InChI is InChI=1S/C14H20N2/c15-13-4-2-1-3-11(13)9-16-10-14(7-8-14)12-5-6-12/h1-4,12,16H,5-10,15H2. The van der Waals surface area contributed by atoms with Gasteiger partial charge in [-0.05, 0) is 48.6 Å². The average molecular weight is 216 g/mol.